The van der Waals surface area contributed by atoms with Crippen LogP contribution in [0.5, 0.6) is 0 Å². The largest absolute Gasteiger partial charge is 0.344 e. The van der Waals surface area contributed by atoms with E-state index in [1.165, 1.54) is 0 Å². The number of nitrogens with zero attached hydrogens (tertiary/aromatic N) is 1. The molecular weight excluding hydrogens is 683 g/mol. The third-order valence-corrected chi connectivity index (χ3v) is 16.8. The fraction of sp³-hybridized carbons (Fsp3) is 0.872. The van der Waals surface area contributed by atoms with Gasteiger partial charge in [0.2, 0.25) is 33.7 Å². The second-order valence-corrected chi connectivity index (χ2v) is 21.2. The monoisotopic (exact) mass is 743 g/mol. The summed E-state index contributed by atoms with van der Waals surface area (Å²) in [6.45, 7) is 12.5. The Morgan fingerprint density at radius 3 is 1.98 bits per heavy atom. The lowest BCUT2D eigenvalue weighted by molar-refractivity contribution is -0.145. The van der Waals surface area contributed by atoms with Gasteiger partial charge in [-0.25, -0.2) is 8.42 Å². The average Bonchev–Trinajstić information content (AvgIpc) is 3.90. The molecule has 0 aromatic carbocycles. The zero-order chi connectivity index (χ0) is 37.6. The standard InChI is InChI=1S/C39H61N5O7S/c1-7-25-20-39(25,34(49)43-52(50,51)26-16-17-26)42-31(46)27-21-38(36(5,6)37(38)18-11-19-37)22-44(27)33(48)29(35(2,3)4)41-32(47)28(23-12-9-8-10-13-23)40-30(45)24-14-15-24/h23-29H,7-22H2,1-6H3,(H,40,45)(H,41,47)(H,42,46)(H,43,49)/t25-,27+,28+,29-,38-,39-/m1/s1. The van der Waals surface area contributed by atoms with Crippen LogP contribution in [0.15, 0.2) is 0 Å². The highest BCUT2D eigenvalue weighted by atomic mass is 32.2. The van der Waals surface area contributed by atoms with Crippen molar-refractivity contribution in [3.8, 4) is 0 Å². The van der Waals surface area contributed by atoms with Gasteiger partial charge in [-0.1, -0.05) is 73.6 Å². The van der Waals surface area contributed by atoms with Gasteiger partial charge < -0.3 is 20.9 Å². The highest BCUT2D eigenvalue weighted by molar-refractivity contribution is 7.91. The van der Waals surface area contributed by atoms with E-state index in [0.29, 0.717) is 38.6 Å². The summed E-state index contributed by atoms with van der Waals surface area (Å²) in [5.74, 6) is -2.24. The van der Waals surface area contributed by atoms with Gasteiger partial charge >= 0.3 is 0 Å². The Bertz CT molecular complexity index is 1620. The average molecular weight is 744 g/mol. The van der Waals surface area contributed by atoms with E-state index >= 15 is 4.79 Å². The van der Waals surface area contributed by atoms with Crippen molar-refractivity contribution in [2.24, 2.45) is 39.4 Å². The molecule has 6 saturated carbocycles. The van der Waals surface area contributed by atoms with Crippen molar-refractivity contribution >= 4 is 39.6 Å². The molecule has 1 saturated heterocycles. The van der Waals surface area contributed by atoms with Gasteiger partial charge in [-0.05, 0) is 92.3 Å². The fourth-order valence-corrected chi connectivity index (χ4v) is 12.3. The molecule has 6 atom stereocenters. The number of hydrogen-bond acceptors (Lipinski definition) is 7. The maximum absolute atomic E-state index is 15.0. The van der Waals surface area contributed by atoms with Gasteiger partial charge in [-0.3, -0.25) is 28.7 Å². The van der Waals surface area contributed by atoms with Gasteiger partial charge in [0.15, 0.2) is 0 Å². The van der Waals surface area contributed by atoms with E-state index in [1.54, 1.807) is 4.90 Å². The van der Waals surface area contributed by atoms with E-state index in [0.717, 1.165) is 64.2 Å². The van der Waals surface area contributed by atoms with Crippen LogP contribution in [0, 0.1) is 39.4 Å². The lowest BCUT2D eigenvalue weighted by Gasteiger charge is -2.38. The number of rotatable bonds is 12. The molecule has 0 radical (unpaired) electrons. The van der Waals surface area contributed by atoms with Crippen LogP contribution in [0.3, 0.4) is 0 Å². The molecule has 0 aromatic rings. The molecule has 5 amide bonds. The van der Waals surface area contributed by atoms with E-state index in [1.807, 2.05) is 27.7 Å². The maximum Gasteiger partial charge on any atom is 0.259 e. The van der Waals surface area contributed by atoms with Gasteiger partial charge in [-0.15, -0.1) is 0 Å². The summed E-state index contributed by atoms with van der Waals surface area (Å²) in [5, 5.41) is 8.59. The van der Waals surface area contributed by atoms with E-state index in [2.05, 4.69) is 34.5 Å². The zero-order valence-corrected chi connectivity index (χ0v) is 32.9. The molecule has 7 fully saturated rings. The van der Waals surface area contributed by atoms with Crippen molar-refractivity contribution in [2.75, 3.05) is 6.54 Å². The summed E-state index contributed by atoms with van der Waals surface area (Å²) in [6.07, 6.45) is 11.9. The smallest absolute Gasteiger partial charge is 0.259 e. The minimum absolute atomic E-state index is 0.0115. The zero-order valence-electron chi connectivity index (χ0n) is 32.1. The molecule has 52 heavy (non-hydrogen) atoms. The minimum Gasteiger partial charge on any atom is -0.344 e. The number of hydrogen-bond donors (Lipinski definition) is 4. The van der Waals surface area contributed by atoms with E-state index in [9.17, 15) is 27.6 Å². The first-order valence-electron chi connectivity index (χ1n) is 20.1. The van der Waals surface area contributed by atoms with E-state index in [-0.39, 0.29) is 51.7 Å². The summed E-state index contributed by atoms with van der Waals surface area (Å²) < 4.78 is 27.8. The number of nitrogens with one attached hydrogen (secondary N) is 4. The van der Waals surface area contributed by atoms with Crippen molar-refractivity contribution in [1.29, 1.82) is 0 Å². The lowest BCUT2D eigenvalue weighted by Crippen LogP contribution is -2.62. The fourth-order valence-electron chi connectivity index (χ4n) is 10.9. The quantitative estimate of drug-likeness (QED) is 0.236. The molecule has 0 aromatic heterocycles. The highest BCUT2D eigenvalue weighted by Crippen LogP contribution is 2.88. The molecule has 7 aliphatic rings. The van der Waals surface area contributed by atoms with Crippen LogP contribution in [-0.2, 0) is 34.0 Å². The molecule has 2 spiro atoms. The van der Waals surface area contributed by atoms with Gasteiger partial charge in [0.05, 0.1) is 5.25 Å². The van der Waals surface area contributed by atoms with Gasteiger partial charge in [0, 0.05) is 17.9 Å². The van der Waals surface area contributed by atoms with Gasteiger partial charge in [0.1, 0.15) is 23.7 Å². The van der Waals surface area contributed by atoms with Crippen LogP contribution in [0.4, 0.5) is 0 Å². The Labute approximate surface area is 309 Å². The number of likely N-dealkylation sites (tertiary alicyclic amines) is 1. The van der Waals surface area contributed by atoms with Crippen LogP contribution >= 0.6 is 0 Å². The number of carbonyl (C=O) groups is 5. The molecule has 12 nitrogen and oxygen atoms in total. The molecule has 6 aliphatic carbocycles. The number of amides is 5. The van der Waals surface area contributed by atoms with Crippen molar-refractivity contribution < 1.29 is 32.4 Å². The predicted molar refractivity (Wildman–Crippen MR) is 195 cm³/mol. The third-order valence-electron chi connectivity index (χ3n) is 15.0. The number of carbonyl (C=O) groups excluding carboxylic acids is 5. The summed E-state index contributed by atoms with van der Waals surface area (Å²) >= 11 is 0. The SMILES string of the molecule is CC[C@@H]1C[C@]1(NC(=O)[C@@H]1C[C@@]2(CN1C(=O)[C@@H](NC(=O)[C@@H](NC(=O)C1CC1)C1CCCCC1)C(C)(C)C)C(C)(C)C21CCC1)C(=O)NS(=O)(=O)C1CC1. The second kappa shape index (κ2) is 12.7. The van der Waals surface area contributed by atoms with Crippen LogP contribution in [0.2, 0.25) is 0 Å². The van der Waals surface area contributed by atoms with Crippen LogP contribution < -0.4 is 20.7 Å². The Balaban J connectivity index is 1.16. The molecule has 4 N–H and O–H groups in total. The molecule has 0 unspecified atom stereocenters. The van der Waals surface area contributed by atoms with E-state index < -0.39 is 56.2 Å². The Morgan fingerprint density at radius 1 is 0.827 bits per heavy atom. The normalized spacial score (nSPS) is 33.1. The minimum atomic E-state index is -3.82. The van der Waals surface area contributed by atoms with Crippen LogP contribution in [0.25, 0.3) is 0 Å². The van der Waals surface area contributed by atoms with Gasteiger partial charge in [0.25, 0.3) is 5.91 Å². The predicted octanol–water partition coefficient (Wildman–Crippen LogP) is 3.68. The Kier molecular flexibility index (Phi) is 9.17. The highest BCUT2D eigenvalue weighted by Gasteiger charge is 2.85. The lowest BCUT2D eigenvalue weighted by atomic mass is 9.73. The molecule has 13 heteroatoms. The molecular formula is C39H61N5O7S. The summed E-state index contributed by atoms with van der Waals surface area (Å²) in [7, 11) is -3.82. The molecule has 1 heterocycles. The molecule has 290 valence electrons. The first kappa shape index (κ1) is 37.6. The van der Waals surface area contributed by atoms with Crippen molar-refractivity contribution in [1.82, 2.24) is 25.6 Å². The van der Waals surface area contributed by atoms with Gasteiger partial charge in [-0.2, -0.15) is 0 Å². The maximum atomic E-state index is 15.0. The second-order valence-electron chi connectivity index (χ2n) is 19.2. The topological polar surface area (TPSA) is 171 Å². The van der Waals surface area contributed by atoms with Crippen molar-refractivity contribution in [3.05, 3.63) is 0 Å². The van der Waals surface area contributed by atoms with E-state index in [4.69, 9.17) is 0 Å². The number of sulfonamides is 1. The third kappa shape index (κ3) is 6.06. The summed E-state index contributed by atoms with van der Waals surface area (Å²) in [6, 6.07) is -2.60. The first-order chi connectivity index (χ1) is 24.3. The number of fused-ring (bicyclic) bond motifs is 1. The Morgan fingerprint density at radius 2 is 1.48 bits per heavy atom. The summed E-state index contributed by atoms with van der Waals surface area (Å²) in [5.41, 5.74) is -2.45. The molecule has 7 rings (SSSR count). The first-order valence-corrected chi connectivity index (χ1v) is 21.7. The van der Waals surface area contributed by atoms with Crippen LogP contribution in [-0.4, -0.2) is 78.3 Å². The molecule has 1 aliphatic heterocycles. The van der Waals surface area contributed by atoms with Crippen molar-refractivity contribution in [3.63, 3.8) is 0 Å². The van der Waals surface area contributed by atoms with Crippen molar-refractivity contribution in [2.45, 2.75) is 167 Å². The summed E-state index contributed by atoms with van der Waals surface area (Å²) in [4.78, 5) is 72.1. The van der Waals surface area contributed by atoms with Crippen LogP contribution in [0.1, 0.15) is 138 Å². The Hall–Kier alpha value is -2.70. The molecule has 0 bridgehead atoms.